The molecule has 8 heteroatoms. The highest BCUT2D eigenvalue weighted by Gasteiger charge is 2.26. The van der Waals surface area contributed by atoms with E-state index in [-0.39, 0.29) is 24.0 Å². The quantitative estimate of drug-likeness (QED) is 0.340. The minimum absolute atomic E-state index is 0. The zero-order valence-corrected chi connectivity index (χ0v) is 20.3. The third-order valence-corrected chi connectivity index (χ3v) is 5.79. The van der Waals surface area contributed by atoms with Crippen molar-refractivity contribution in [3.05, 3.63) is 24.3 Å². The highest BCUT2D eigenvalue weighted by atomic mass is 127. The minimum atomic E-state index is 0. The number of aliphatic imine (C=N–C) groups is 1. The maximum Gasteiger partial charge on any atom is 0.193 e. The molecule has 0 radical (unpaired) electrons. The molecule has 0 amide bonds. The van der Waals surface area contributed by atoms with Gasteiger partial charge in [-0.2, -0.15) is 0 Å². The molecule has 0 bridgehead atoms. The highest BCUT2D eigenvalue weighted by molar-refractivity contribution is 14.0. The van der Waals surface area contributed by atoms with Crippen LogP contribution in [-0.2, 0) is 4.74 Å². The first-order chi connectivity index (χ1) is 13.8. The van der Waals surface area contributed by atoms with Gasteiger partial charge in [0.25, 0.3) is 0 Å². The molecular formula is C21H36IN5O2. The molecule has 0 spiro atoms. The van der Waals surface area contributed by atoms with Gasteiger partial charge in [-0.15, -0.1) is 24.0 Å². The van der Waals surface area contributed by atoms with E-state index in [1.165, 1.54) is 25.1 Å². The average Bonchev–Trinajstić information content (AvgIpc) is 3.20. The van der Waals surface area contributed by atoms with Crippen molar-refractivity contribution >= 4 is 35.6 Å². The zero-order chi connectivity index (χ0) is 19.8. The first-order valence-corrected chi connectivity index (χ1v) is 10.3. The van der Waals surface area contributed by atoms with E-state index < -0.39 is 0 Å². The predicted octanol–water partition coefficient (Wildman–Crippen LogP) is 2.12. The van der Waals surface area contributed by atoms with Crippen molar-refractivity contribution in [3.8, 4) is 5.75 Å². The zero-order valence-electron chi connectivity index (χ0n) is 18.0. The number of likely N-dealkylation sites (tertiary alicyclic amines) is 1. The Morgan fingerprint density at radius 3 is 2.59 bits per heavy atom. The SMILES string of the molecule is CN=C(NCC1CCCN1CCOC)N1CCN(c2ccccc2OC)CC1.I. The second-order valence-electron chi connectivity index (χ2n) is 7.40. The molecular weight excluding hydrogens is 481 g/mol. The topological polar surface area (TPSA) is 52.6 Å². The van der Waals surface area contributed by atoms with Crippen molar-refractivity contribution in [3.63, 3.8) is 0 Å². The van der Waals surface area contributed by atoms with Crippen LogP contribution < -0.4 is 15.0 Å². The summed E-state index contributed by atoms with van der Waals surface area (Å²) in [5.41, 5.74) is 1.17. The van der Waals surface area contributed by atoms with Crippen molar-refractivity contribution in [1.29, 1.82) is 0 Å². The Bertz CT molecular complexity index is 637. The molecule has 0 aromatic heterocycles. The molecule has 1 unspecified atom stereocenters. The molecule has 2 aliphatic heterocycles. The maximum absolute atomic E-state index is 5.52. The Balaban J connectivity index is 0.00000300. The van der Waals surface area contributed by atoms with Crippen LogP contribution in [-0.4, -0.2) is 95.5 Å². The molecule has 2 aliphatic rings. The molecule has 1 aromatic rings. The third-order valence-electron chi connectivity index (χ3n) is 5.79. The molecule has 1 aromatic carbocycles. The first-order valence-electron chi connectivity index (χ1n) is 10.3. The van der Waals surface area contributed by atoms with Gasteiger partial charge >= 0.3 is 0 Å². The Labute approximate surface area is 192 Å². The van der Waals surface area contributed by atoms with E-state index in [4.69, 9.17) is 9.47 Å². The van der Waals surface area contributed by atoms with E-state index in [0.717, 1.165) is 57.6 Å². The molecule has 29 heavy (non-hydrogen) atoms. The fourth-order valence-electron chi connectivity index (χ4n) is 4.22. The number of guanidine groups is 1. The number of hydrogen-bond acceptors (Lipinski definition) is 5. The number of rotatable bonds is 7. The van der Waals surface area contributed by atoms with Crippen molar-refractivity contribution in [2.24, 2.45) is 4.99 Å². The molecule has 2 saturated heterocycles. The van der Waals surface area contributed by atoms with Crippen LogP contribution in [0.25, 0.3) is 0 Å². The summed E-state index contributed by atoms with van der Waals surface area (Å²) in [5.74, 6) is 1.95. The van der Waals surface area contributed by atoms with Crippen molar-refractivity contribution in [2.45, 2.75) is 18.9 Å². The number of anilines is 1. The number of nitrogens with one attached hydrogen (secondary N) is 1. The van der Waals surface area contributed by atoms with Crippen molar-refractivity contribution < 1.29 is 9.47 Å². The summed E-state index contributed by atoms with van der Waals surface area (Å²) in [6, 6.07) is 8.82. The number of nitrogens with zero attached hydrogens (tertiary/aromatic N) is 4. The van der Waals surface area contributed by atoms with Gasteiger partial charge in [0.1, 0.15) is 5.75 Å². The molecule has 1 atom stereocenters. The molecule has 164 valence electrons. The van der Waals surface area contributed by atoms with Crippen LogP contribution in [0.3, 0.4) is 0 Å². The lowest BCUT2D eigenvalue weighted by Crippen LogP contribution is -2.54. The maximum atomic E-state index is 5.52. The number of para-hydroxylation sites is 2. The van der Waals surface area contributed by atoms with Gasteiger partial charge in [-0.25, -0.2) is 0 Å². The summed E-state index contributed by atoms with van der Waals surface area (Å²) < 4.78 is 10.8. The summed E-state index contributed by atoms with van der Waals surface area (Å²) in [6.45, 7) is 7.77. The average molecular weight is 517 g/mol. The number of benzene rings is 1. The lowest BCUT2D eigenvalue weighted by Gasteiger charge is -2.38. The first kappa shape index (κ1) is 24.0. The number of hydrogen-bond donors (Lipinski definition) is 1. The second kappa shape index (κ2) is 12.4. The minimum Gasteiger partial charge on any atom is -0.495 e. The molecule has 7 nitrogen and oxygen atoms in total. The standard InChI is InChI=1S/C21H35N5O2.HI/c1-22-21(23-17-18-7-6-10-24(18)15-16-27-2)26-13-11-25(12-14-26)19-8-4-5-9-20(19)28-3;/h4-5,8-9,18H,6-7,10-17H2,1-3H3,(H,22,23);1H. The monoisotopic (exact) mass is 517 g/mol. The van der Waals surface area contributed by atoms with Gasteiger partial charge in [0.05, 0.1) is 19.4 Å². The van der Waals surface area contributed by atoms with E-state index >= 15 is 0 Å². The van der Waals surface area contributed by atoms with Crippen molar-refractivity contribution in [2.75, 3.05) is 78.6 Å². The Kier molecular flexibility index (Phi) is 10.3. The largest absolute Gasteiger partial charge is 0.495 e. The highest BCUT2D eigenvalue weighted by Crippen LogP contribution is 2.28. The summed E-state index contributed by atoms with van der Waals surface area (Å²) in [4.78, 5) is 11.8. The van der Waals surface area contributed by atoms with Gasteiger partial charge in [-0.1, -0.05) is 12.1 Å². The third kappa shape index (κ3) is 6.36. The van der Waals surface area contributed by atoms with Crippen molar-refractivity contribution in [1.82, 2.24) is 15.1 Å². The lowest BCUT2D eigenvalue weighted by molar-refractivity contribution is 0.141. The lowest BCUT2D eigenvalue weighted by atomic mass is 10.2. The predicted molar refractivity (Wildman–Crippen MR) is 130 cm³/mol. The second-order valence-corrected chi connectivity index (χ2v) is 7.40. The van der Waals surface area contributed by atoms with E-state index in [0.29, 0.717) is 6.04 Å². The summed E-state index contributed by atoms with van der Waals surface area (Å²) >= 11 is 0. The number of piperazine rings is 1. The number of halogens is 1. The van der Waals surface area contributed by atoms with Crippen LogP contribution in [0.1, 0.15) is 12.8 Å². The Hall–Kier alpha value is -1.26. The summed E-state index contributed by atoms with van der Waals surface area (Å²) in [6.07, 6.45) is 2.52. The van der Waals surface area contributed by atoms with E-state index in [1.807, 2.05) is 19.2 Å². The molecule has 2 fully saturated rings. The molecule has 1 N–H and O–H groups in total. The Morgan fingerprint density at radius 1 is 1.14 bits per heavy atom. The van der Waals surface area contributed by atoms with Crippen LogP contribution >= 0.6 is 24.0 Å². The fraction of sp³-hybridized carbons (Fsp3) is 0.667. The van der Waals surface area contributed by atoms with Crippen LogP contribution in [0.5, 0.6) is 5.75 Å². The van der Waals surface area contributed by atoms with Gasteiger partial charge in [0, 0.05) is 59.5 Å². The van der Waals surface area contributed by atoms with Gasteiger partial charge in [0.15, 0.2) is 5.96 Å². The van der Waals surface area contributed by atoms with Crippen LogP contribution in [0.2, 0.25) is 0 Å². The van der Waals surface area contributed by atoms with E-state index in [1.54, 1.807) is 14.2 Å². The normalized spacial score (nSPS) is 20.5. The fourth-order valence-corrected chi connectivity index (χ4v) is 4.22. The summed E-state index contributed by atoms with van der Waals surface area (Å²) in [5, 5.41) is 3.61. The van der Waals surface area contributed by atoms with Crippen LogP contribution in [0, 0.1) is 0 Å². The molecule has 3 rings (SSSR count). The smallest absolute Gasteiger partial charge is 0.193 e. The summed E-state index contributed by atoms with van der Waals surface area (Å²) in [7, 11) is 5.39. The number of ether oxygens (including phenoxy) is 2. The van der Waals surface area contributed by atoms with E-state index in [2.05, 4.69) is 37.1 Å². The van der Waals surface area contributed by atoms with E-state index in [9.17, 15) is 0 Å². The van der Waals surface area contributed by atoms with Gasteiger partial charge < -0.3 is 24.6 Å². The van der Waals surface area contributed by atoms with Gasteiger partial charge in [-0.3, -0.25) is 9.89 Å². The molecule has 2 heterocycles. The molecule has 0 saturated carbocycles. The van der Waals surface area contributed by atoms with Gasteiger partial charge in [0.2, 0.25) is 0 Å². The van der Waals surface area contributed by atoms with Crippen LogP contribution in [0.15, 0.2) is 29.3 Å². The Morgan fingerprint density at radius 2 is 1.90 bits per heavy atom. The number of methoxy groups -OCH3 is 2. The van der Waals surface area contributed by atoms with Gasteiger partial charge in [-0.05, 0) is 31.5 Å². The van der Waals surface area contributed by atoms with Crippen LogP contribution in [0.4, 0.5) is 5.69 Å². The molecule has 0 aliphatic carbocycles.